The maximum Gasteiger partial charge on any atom is 0.292 e. The third kappa shape index (κ3) is 2.76. The molecule has 0 aromatic carbocycles. The van der Waals surface area contributed by atoms with Gasteiger partial charge < -0.3 is 9.73 Å². The quantitative estimate of drug-likeness (QED) is 0.860. The average Bonchev–Trinajstić information content (AvgIpc) is 3.01. The molecule has 0 bridgehead atoms. The molecule has 0 saturated carbocycles. The molecule has 0 saturated heterocycles. The van der Waals surface area contributed by atoms with Crippen LogP contribution in [0.5, 0.6) is 0 Å². The van der Waals surface area contributed by atoms with Crippen molar-refractivity contribution in [1.29, 1.82) is 5.26 Å². The lowest BCUT2D eigenvalue weighted by Gasteiger charge is -2.17. The van der Waals surface area contributed by atoms with Crippen molar-refractivity contribution in [3.8, 4) is 6.07 Å². The number of carbonyl (C=O) groups is 1. The number of furan rings is 1. The van der Waals surface area contributed by atoms with Crippen LogP contribution in [0.4, 0.5) is 5.00 Å². The van der Waals surface area contributed by atoms with Gasteiger partial charge in [-0.3, -0.25) is 4.79 Å². The number of nitrogens with one attached hydrogen (secondary N) is 1. The Bertz CT molecular complexity index is 741. The molecule has 4 nitrogen and oxygen atoms in total. The van der Waals surface area contributed by atoms with E-state index >= 15 is 0 Å². The zero-order valence-corrected chi connectivity index (χ0v) is 13.8. The van der Waals surface area contributed by atoms with Gasteiger partial charge in [0.15, 0.2) is 10.4 Å². The van der Waals surface area contributed by atoms with E-state index in [1.54, 1.807) is 12.1 Å². The molecule has 6 heteroatoms. The van der Waals surface area contributed by atoms with Crippen molar-refractivity contribution >= 4 is 38.2 Å². The summed E-state index contributed by atoms with van der Waals surface area (Å²) in [4.78, 5) is 13.4. The molecule has 2 aromatic heterocycles. The molecule has 0 radical (unpaired) electrons. The topological polar surface area (TPSA) is 66.0 Å². The van der Waals surface area contributed by atoms with Gasteiger partial charge in [0.25, 0.3) is 5.91 Å². The Kier molecular flexibility index (Phi) is 3.87. The predicted octanol–water partition coefficient (Wildman–Crippen LogP) is 4.35. The largest absolute Gasteiger partial charge is 0.444 e. The van der Waals surface area contributed by atoms with Crippen LogP contribution in [0, 0.1) is 17.2 Å². The highest BCUT2D eigenvalue weighted by atomic mass is 79.9. The monoisotopic (exact) mass is 364 g/mol. The zero-order valence-electron chi connectivity index (χ0n) is 11.4. The van der Waals surface area contributed by atoms with Crippen molar-refractivity contribution in [3.05, 3.63) is 38.6 Å². The van der Waals surface area contributed by atoms with Gasteiger partial charge in [-0.2, -0.15) is 5.26 Å². The van der Waals surface area contributed by atoms with Gasteiger partial charge in [-0.25, -0.2) is 0 Å². The van der Waals surface area contributed by atoms with E-state index in [0.717, 1.165) is 24.8 Å². The van der Waals surface area contributed by atoms with E-state index in [1.807, 2.05) is 0 Å². The number of carbonyl (C=O) groups excluding carboxylic acids is 1. The third-order valence-electron chi connectivity index (χ3n) is 3.65. The van der Waals surface area contributed by atoms with Crippen molar-refractivity contribution in [2.75, 3.05) is 5.32 Å². The summed E-state index contributed by atoms with van der Waals surface area (Å²) in [5, 5.41) is 12.8. The normalized spacial score (nSPS) is 17.1. The number of anilines is 1. The molecule has 0 aliphatic heterocycles. The lowest BCUT2D eigenvalue weighted by molar-refractivity contribution is 0.0996. The SMILES string of the molecule is C[C@H]1CCc2c(sc(NC(=O)c3ccc(Br)o3)c2C#N)C1. The first-order chi connectivity index (χ1) is 10.1. The van der Waals surface area contributed by atoms with E-state index in [4.69, 9.17) is 4.42 Å². The minimum Gasteiger partial charge on any atom is -0.444 e. The smallest absolute Gasteiger partial charge is 0.292 e. The predicted molar refractivity (Wildman–Crippen MR) is 84.6 cm³/mol. The number of thiophene rings is 1. The van der Waals surface area contributed by atoms with Crippen molar-refractivity contribution in [1.82, 2.24) is 0 Å². The van der Waals surface area contributed by atoms with E-state index in [1.165, 1.54) is 16.2 Å². The average molecular weight is 365 g/mol. The van der Waals surface area contributed by atoms with Gasteiger partial charge in [0.1, 0.15) is 11.1 Å². The molecular formula is C15H13BrN2O2S. The fraction of sp³-hybridized carbons (Fsp3) is 0.333. The molecule has 0 unspecified atom stereocenters. The summed E-state index contributed by atoms with van der Waals surface area (Å²) >= 11 is 4.68. The van der Waals surface area contributed by atoms with E-state index in [9.17, 15) is 10.1 Å². The molecule has 0 fully saturated rings. The number of hydrogen-bond donors (Lipinski definition) is 1. The number of rotatable bonds is 2. The molecule has 1 amide bonds. The molecule has 3 rings (SSSR count). The molecule has 1 atom stereocenters. The van der Waals surface area contributed by atoms with Gasteiger partial charge in [-0.05, 0) is 58.8 Å². The molecule has 108 valence electrons. The van der Waals surface area contributed by atoms with Gasteiger partial charge in [-0.1, -0.05) is 6.92 Å². The fourth-order valence-electron chi connectivity index (χ4n) is 2.56. The van der Waals surface area contributed by atoms with Gasteiger partial charge in [0.05, 0.1) is 5.56 Å². The van der Waals surface area contributed by atoms with Crippen LogP contribution in [0.2, 0.25) is 0 Å². The molecule has 1 N–H and O–H groups in total. The van der Waals surface area contributed by atoms with Crippen molar-refractivity contribution in [2.24, 2.45) is 5.92 Å². The van der Waals surface area contributed by atoms with E-state index < -0.39 is 0 Å². The molecule has 21 heavy (non-hydrogen) atoms. The Morgan fingerprint density at radius 1 is 1.57 bits per heavy atom. The fourth-order valence-corrected chi connectivity index (χ4v) is 4.22. The lowest BCUT2D eigenvalue weighted by atomic mass is 9.89. The van der Waals surface area contributed by atoms with E-state index in [-0.39, 0.29) is 11.7 Å². The summed E-state index contributed by atoms with van der Waals surface area (Å²) in [7, 11) is 0. The maximum atomic E-state index is 12.1. The minimum absolute atomic E-state index is 0.227. The maximum absolute atomic E-state index is 12.1. The van der Waals surface area contributed by atoms with E-state index in [0.29, 0.717) is 21.2 Å². The Labute approximate surface area is 134 Å². The van der Waals surface area contributed by atoms with Crippen molar-refractivity contribution in [3.63, 3.8) is 0 Å². The second-order valence-electron chi connectivity index (χ2n) is 5.23. The van der Waals surface area contributed by atoms with Crippen LogP contribution < -0.4 is 5.32 Å². The van der Waals surface area contributed by atoms with Crippen molar-refractivity contribution in [2.45, 2.75) is 26.2 Å². The number of fused-ring (bicyclic) bond motifs is 1. The van der Waals surface area contributed by atoms with Crippen LogP contribution in [0.25, 0.3) is 0 Å². The van der Waals surface area contributed by atoms with Crippen LogP contribution >= 0.6 is 27.3 Å². The highest BCUT2D eigenvalue weighted by Crippen LogP contribution is 2.39. The minimum atomic E-state index is -0.330. The highest BCUT2D eigenvalue weighted by Gasteiger charge is 2.25. The number of nitrogens with zero attached hydrogens (tertiary/aromatic N) is 1. The number of hydrogen-bond acceptors (Lipinski definition) is 4. The summed E-state index contributed by atoms with van der Waals surface area (Å²) in [5.41, 5.74) is 1.72. The molecule has 1 aliphatic rings. The van der Waals surface area contributed by atoms with Gasteiger partial charge in [-0.15, -0.1) is 11.3 Å². The lowest BCUT2D eigenvalue weighted by Crippen LogP contribution is -2.11. The molecule has 1 aliphatic carbocycles. The van der Waals surface area contributed by atoms with Crippen LogP contribution in [-0.4, -0.2) is 5.91 Å². The van der Waals surface area contributed by atoms with Gasteiger partial charge in [0.2, 0.25) is 0 Å². The Morgan fingerprint density at radius 2 is 2.38 bits per heavy atom. The zero-order chi connectivity index (χ0) is 15.0. The second kappa shape index (κ2) is 5.66. The molecule has 2 heterocycles. The summed E-state index contributed by atoms with van der Waals surface area (Å²) in [6, 6.07) is 5.50. The van der Waals surface area contributed by atoms with Gasteiger partial charge >= 0.3 is 0 Å². The number of nitriles is 1. The first-order valence-electron chi connectivity index (χ1n) is 6.69. The summed E-state index contributed by atoms with van der Waals surface area (Å²) < 4.78 is 5.74. The Balaban J connectivity index is 1.89. The molecular weight excluding hydrogens is 352 g/mol. The van der Waals surface area contributed by atoms with Crippen LogP contribution in [-0.2, 0) is 12.8 Å². The molecule has 2 aromatic rings. The first-order valence-corrected chi connectivity index (χ1v) is 8.30. The first kappa shape index (κ1) is 14.4. The Morgan fingerprint density at radius 3 is 3.05 bits per heavy atom. The second-order valence-corrected chi connectivity index (χ2v) is 7.11. The van der Waals surface area contributed by atoms with Crippen LogP contribution in [0.1, 0.15) is 39.9 Å². The van der Waals surface area contributed by atoms with Crippen molar-refractivity contribution < 1.29 is 9.21 Å². The third-order valence-corrected chi connectivity index (χ3v) is 5.24. The molecule has 0 spiro atoms. The summed E-state index contributed by atoms with van der Waals surface area (Å²) in [6.07, 6.45) is 2.99. The van der Waals surface area contributed by atoms with Gasteiger partial charge in [0, 0.05) is 4.88 Å². The number of halogens is 1. The van der Waals surface area contributed by atoms with Crippen LogP contribution in [0.3, 0.4) is 0 Å². The highest BCUT2D eigenvalue weighted by molar-refractivity contribution is 9.10. The number of amides is 1. The summed E-state index contributed by atoms with van der Waals surface area (Å²) in [6.45, 7) is 2.22. The standard InChI is InChI=1S/C15H13BrN2O2S/c1-8-2-3-9-10(7-17)15(21-12(9)6-8)18-14(19)11-4-5-13(16)20-11/h4-5,8H,2-3,6H2,1H3,(H,18,19)/t8-/m0/s1. The Hall–Kier alpha value is -1.58. The van der Waals surface area contributed by atoms with Crippen LogP contribution in [0.15, 0.2) is 21.2 Å². The summed E-state index contributed by atoms with van der Waals surface area (Å²) in [5.74, 6) is 0.529. The van der Waals surface area contributed by atoms with E-state index in [2.05, 4.69) is 34.2 Å².